The van der Waals surface area contributed by atoms with Crippen LogP contribution in [0.3, 0.4) is 0 Å². The maximum absolute atomic E-state index is 14.5. The minimum absolute atomic E-state index is 0.0763. The van der Waals surface area contributed by atoms with Crippen LogP contribution >= 0.6 is 11.6 Å². The van der Waals surface area contributed by atoms with Crippen LogP contribution in [0.2, 0.25) is 5.02 Å². The Bertz CT molecular complexity index is 1220. The van der Waals surface area contributed by atoms with E-state index in [1.165, 1.54) is 24.4 Å². The molecule has 3 rings (SSSR count). The fraction of sp³-hybridized carbons (Fsp3) is 0.250. The monoisotopic (exact) mass is 500 g/mol. The topological polar surface area (TPSA) is 137 Å². The first-order valence-corrected chi connectivity index (χ1v) is 11.1. The lowest BCUT2D eigenvalue weighted by Crippen LogP contribution is -2.33. The molecule has 2 unspecified atom stereocenters. The quantitative estimate of drug-likeness (QED) is 0.211. The number of amides is 1. The molecule has 182 valence electrons. The van der Waals surface area contributed by atoms with Crippen molar-refractivity contribution in [3.05, 3.63) is 105 Å². The second kappa shape index (κ2) is 12.2. The van der Waals surface area contributed by atoms with Gasteiger partial charge in [-0.2, -0.15) is 0 Å². The molecule has 3 aromatic rings. The molecule has 0 saturated carbocycles. The van der Waals surface area contributed by atoms with E-state index in [0.717, 1.165) is 6.20 Å². The molecular weight excluding hydrogens is 478 g/mol. The number of hydrogen-bond donors (Lipinski definition) is 3. The molecule has 0 spiro atoms. The van der Waals surface area contributed by atoms with Crippen LogP contribution in [-0.2, 0) is 11.2 Å². The summed E-state index contributed by atoms with van der Waals surface area (Å²) >= 11 is 6.00. The first kappa shape index (κ1) is 26.1. The standard InChI is InChI=1S/C24H23ClF2N6O2/c25-16-6-4-14(5-7-16)22(15-2-1-3-17(26)10-15)23(32-33-29)24(35)31-21-12-30-11-20(27)19(21)9-8-18(28)13-34/h1-7,10-12,18,22-23,34H,8-9,13,28H2,(H,31,35)/t18-,22?,23?/m0/s1. The second-order valence-electron chi connectivity index (χ2n) is 7.85. The summed E-state index contributed by atoms with van der Waals surface area (Å²) in [6, 6.07) is 10.2. The molecular formula is C24H23ClF2N6O2. The van der Waals surface area contributed by atoms with Gasteiger partial charge in [0.15, 0.2) is 0 Å². The molecule has 35 heavy (non-hydrogen) atoms. The number of aliphatic hydroxyl groups is 1. The second-order valence-corrected chi connectivity index (χ2v) is 8.29. The number of nitrogens with zero attached hydrogens (tertiary/aromatic N) is 4. The largest absolute Gasteiger partial charge is 0.395 e. The van der Waals surface area contributed by atoms with E-state index < -0.39 is 35.5 Å². The fourth-order valence-corrected chi connectivity index (χ4v) is 3.83. The minimum atomic E-state index is -1.36. The number of aromatic nitrogens is 1. The van der Waals surface area contributed by atoms with Gasteiger partial charge in [0.1, 0.15) is 17.7 Å². The van der Waals surface area contributed by atoms with E-state index in [1.807, 2.05) is 0 Å². The van der Waals surface area contributed by atoms with E-state index >= 15 is 0 Å². The normalized spacial score (nSPS) is 13.4. The highest BCUT2D eigenvalue weighted by Gasteiger charge is 2.31. The fourth-order valence-electron chi connectivity index (χ4n) is 3.70. The van der Waals surface area contributed by atoms with Gasteiger partial charge in [-0.3, -0.25) is 9.78 Å². The van der Waals surface area contributed by atoms with Crippen LogP contribution in [0.1, 0.15) is 29.0 Å². The number of nitrogens with two attached hydrogens (primary N) is 1. The van der Waals surface area contributed by atoms with Crippen LogP contribution < -0.4 is 11.1 Å². The maximum Gasteiger partial charge on any atom is 0.234 e. The molecule has 1 heterocycles. The van der Waals surface area contributed by atoms with Crippen molar-refractivity contribution >= 4 is 23.2 Å². The van der Waals surface area contributed by atoms with E-state index in [4.69, 9.17) is 22.4 Å². The number of carbonyl (C=O) groups excluding carboxylic acids is 1. The average molecular weight is 501 g/mol. The molecule has 0 saturated heterocycles. The molecule has 0 fully saturated rings. The molecule has 8 nitrogen and oxygen atoms in total. The third-order valence-electron chi connectivity index (χ3n) is 5.46. The van der Waals surface area contributed by atoms with Crippen LogP contribution in [0.5, 0.6) is 0 Å². The zero-order valence-electron chi connectivity index (χ0n) is 18.5. The first-order chi connectivity index (χ1) is 16.8. The summed E-state index contributed by atoms with van der Waals surface area (Å²) in [6.07, 6.45) is 2.66. The van der Waals surface area contributed by atoms with Gasteiger partial charge in [0, 0.05) is 27.5 Å². The number of aliphatic hydroxyl groups excluding tert-OH is 1. The highest BCUT2D eigenvalue weighted by atomic mass is 35.5. The van der Waals surface area contributed by atoms with E-state index in [0.29, 0.717) is 16.1 Å². The molecule has 3 atom stereocenters. The van der Waals surface area contributed by atoms with Crippen LogP contribution in [-0.4, -0.2) is 34.7 Å². The Morgan fingerprint density at radius 2 is 1.94 bits per heavy atom. The molecule has 1 amide bonds. The van der Waals surface area contributed by atoms with Crippen molar-refractivity contribution < 1.29 is 18.7 Å². The zero-order chi connectivity index (χ0) is 25.4. The van der Waals surface area contributed by atoms with Crippen LogP contribution in [0, 0.1) is 11.6 Å². The number of anilines is 1. The van der Waals surface area contributed by atoms with Gasteiger partial charge in [-0.15, -0.1) is 0 Å². The number of rotatable bonds is 10. The lowest BCUT2D eigenvalue weighted by atomic mass is 9.84. The Labute approximate surface area is 205 Å². The van der Waals surface area contributed by atoms with Crippen LogP contribution in [0.15, 0.2) is 66.0 Å². The number of halogens is 3. The number of benzene rings is 2. The van der Waals surface area contributed by atoms with Crippen molar-refractivity contribution in [3.63, 3.8) is 0 Å². The number of hydrogen-bond acceptors (Lipinski definition) is 5. The molecule has 1 aromatic heterocycles. The van der Waals surface area contributed by atoms with Gasteiger partial charge in [0.2, 0.25) is 5.91 Å². The Morgan fingerprint density at radius 1 is 1.20 bits per heavy atom. The third kappa shape index (κ3) is 6.74. The average Bonchev–Trinajstić information content (AvgIpc) is 2.84. The molecule has 0 bridgehead atoms. The number of azide groups is 1. The van der Waals surface area contributed by atoms with Gasteiger partial charge in [-0.25, -0.2) is 8.78 Å². The summed E-state index contributed by atoms with van der Waals surface area (Å²) in [4.78, 5) is 20.0. The van der Waals surface area contributed by atoms with Crippen LogP contribution in [0.4, 0.5) is 14.5 Å². The predicted molar refractivity (Wildman–Crippen MR) is 129 cm³/mol. The summed E-state index contributed by atoms with van der Waals surface area (Å²) in [5.74, 6) is -2.80. The van der Waals surface area contributed by atoms with Crippen molar-refractivity contribution in [2.24, 2.45) is 10.8 Å². The van der Waals surface area contributed by atoms with Gasteiger partial charge < -0.3 is 16.2 Å². The number of pyridine rings is 1. The highest BCUT2D eigenvalue weighted by molar-refractivity contribution is 6.30. The van der Waals surface area contributed by atoms with E-state index in [9.17, 15) is 19.1 Å². The van der Waals surface area contributed by atoms with E-state index in [2.05, 4.69) is 20.3 Å². The summed E-state index contributed by atoms with van der Waals surface area (Å²) in [5, 5.41) is 15.9. The zero-order valence-corrected chi connectivity index (χ0v) is 19.2. The van der Waals surface area contributed by atoms with Gasteiger partial charge in [-0.05, 0) is 53.8 Å². The van der Waals surface area contributed by atoms with Gasteiger partial charge in [0.25, 0.3) is 0 Å². The van der Waals surface area contributed by atoms with E-state index in [-0.39, 0.29) is 30.7 Å². The molecule has 0 radical (unpaired) electrons. The van der Waals surface area contributed by atoms with Gasteiger partial charge in [-0.1, -0.05) is 41.0 Å². The van der Waals surface area contributed by atoms with E-state index in [1.54, 1.807) is 30.3 Å². The summed E-state index contributed by atoms with van der Waals surface area (Å²) in [7, 11) is 0. The van der Waals surface area contributed by atoms with Crippen molar-refractivity contribution in [1.29, 1.82) is 0 Å². The van der Waals surface area contributed by atoms with Crippen molar-refractivity contribution in [3.8, 4) is 0 Å². The van der Waals surface area contributed by atoms with Gasteiger partial charge in [0.05, 0.1) is 24.7 Å². The predicted octanol–water partition coefficient (Wildman–Crippen LogP) is 4.71. The molecule has 0 aliphatic rings. The SMILES string of the molecule is [N-]=[N+]=NC(C(=O)Nc1cncc(F)c1CC[C@H](N)CO)C(c1ccc(Cl)cc1)c1cccc(F)c1. The highest BCUT2D eigenvalue weighted by Crippen LogP contribution is 2.33. The summed E-state index contributed by atoms with van der Waals surface area (Å²) in [5.41, 5.74) is 16.1. The number of carbonyl (C=O) groups is 1. The Morgan fingerprint density at radius 3 is 2.60 bits per heavy atom. The molecule has 0 aliphatic heterocycles. The van der Waals surface area contributed by atoms with Crippen LogP contribution in [0.25, 0.3) is 10.4 Å². The Balaban J connectivity index is 2.01. The smallest absolute Gasteiger partial charge is 0.234 e. The van der Waals surface area contributed by atoms with Crippen molar-refractivity contribution in [1.82, 2.24) is 4.98 Å². The Hall–Kier alpha value is -3.56. The third-order valence-corrected chi connectivity index (χ3v) is 5.71. The molecule has 0 aliphatic carbocycles. The Kier molecular flexibility index (Phi) is 9.11. The lowest BCUT2D eigenvalue weighted by molar-refractivity contribution is -0.117. The first-order valence-electron chi connectivity index (χ1n) is 10.7. The minimum Gasteiger partial charge on any atom is -0.395 e. The summed E-state index contributed by atoms with van der Waals surface area (Å²) in [6.45, 7) is -0.274. The van der Waals surface area contributed by atoms with Crippen molar-refractivity contribution in [2.45, 2.75) is 30.8 Å². The maximum atomic E-state index is 14.5. The molecule has 4 N–H and O–H groups in total. The molecule has 2 aromatic carbocycles. The summed E-state index contributed by atoms with van der Waals surface area (Å²) < 4.78 is 28.6. The lowest BCUT2D eigenvalue weighted by Gasteiger charge is -2.25. The van der Waals surface area contributed by atoms with Crippen molar-refractivity contribution in [2.75, 3.05) is 11.9 Å². The molecule has 11 heteroatoms. The van der Waals surface area contributed by atoms with Gasteiger partial charge >= 0.3 is 0 Å². The number of nitrogens with one attached hydrogen (secondary N) is 1.